The summed E-state index contributed by atoms with van der Waals surface area (Å²) in [4.78, 5) is 17.7. The molecule has 2 fully saturated rings. The van der Waals surface area contributed by atoms with Gasteiger partial charge in [0.05, 0.1) is 0 Å². The topological polar surface area (TPSA) is 23.6 Å². The third kappa shape index (κ3) is 3.99. The Kier molecular flexibility index (Phi) is 5.59. The summed E-state index contributed by atoms with van der Waals surface area (Å²) in [6, 6.07) is 9.91. The van der Waals surface area contributed by atoms with Crippen molar-refractivity contribution in [3.8, 4) is 0 Å². The summed E-state index contributed by atoms with van der Waals surface area (Å²) in [6.07, 6.45) is 5.97. The highest BCUT2D eigenvalue weighted by Crippen LogP contribution is 2.49. The lowest BCUT2D eigenvalue weighted by Crippen LogP contribution is -2.47. The van der Waals surface area contributed by atoms with Gasteiger partial charge in [-0.05, 0) is 79.4 Å². The second-order valence-electron chi connectivity index (χ2n) is 11.3. The maximum Gasteiger partial charge on any atom is 0.264 e. The third-order valence-corrected chi connectivity index (χ3v) is 8.16. The summed E-state index contributed by atoms with van der Waals surface area (Å²) in [6.45, 7) is 10.2. The van der Waals surface area contributed by atoms with Crippen LogP contribution in [0.5, 0.6) is 0 Å². The van der Waals surface area contributed by atoms with Crippen LogP contribution >= 0.6 is 0 Å². The van der Waals surface area contributed by atoms with Gasteiger partial charge in [-0.1, -0.05) is 45.4 Å². The van der Waals surface area contributed by atoms with Gasteiger partial charge in [-0.3, -0.25) is 4.79 Å². The van der Waals surface area contributed by atoms with E-state index >= 15 is 0 Å². The Morgan fingerprint density at radius 2 is 1.73 bits per heavy atom. The van der Waals surface area contributed by atoms with E-state index < -0.39 is 23.1 Å². The van der Waals surface area contributed by atoms with Crippen LogP contribution in [0.15, 0.2) is 36.4 Å². The van der Waals surface area contributed by atoms with Crippen LogP contribution < -0.4 is 4.90 Å². The van der Waals surface area contributed by atoms with E-state index in [-0.39, 0.29) is 10.8 Å². The normalized spacial score (nSPS) is 20.7. The van der Waals surface area contributed by atoms with Crippen LogP contribution in [-0.4, -0.2) is 37.0 Å². The van der Waals surface area contributed by atoms with Crippen molar-refractivity contribution in [2.45, 2.75) is 63.7 Å². The van der Waals surface area contributed by atoms with Gasteiger partial charge in [-0.2, -0.15) is 0 Å². The zero-order valence-corrected chi connectivity index (χ0v) is 20.0. The number of carbonyl (C=O) groups excluding carboxylic acids is 1. The summed E-state index contributed by atoms with van der Waals surface area (Å²) in [7, 11) is 0. The Hall–Kier alpha value is -2.27. The van der Waals surface area contributed by atoms with Crippen LogP contribution in [0.2, 0.25) is 0 Å². The first-order valence-electron chi connectivity index (χ1n) is 12.3. The lowest BCUT2D eigenvalue weighted by Gasteiger charge is -2.42. The highest BCUT2D eigenvalue weighted by atomic mass is 19.1. The number of piperidine rings is 1. The van der Waals surface area contributed by atoms with Crippen molar-refractivity contribution in [3.63, 3.8) is 0 Å². The molecule has 2 aromatic carbocycles. The highest BCUT2D eigenvalue weighted by Gasteiger charge is 2.47. The molecule has 1 saturated carbocycles. The number of nitrogens with zero attached hydrogens (tertiary/aromatic N) is 2. The van der Waals surface area contributed by atoms with Crippen molar-refractivity contribution in [2.75, 3.05) is 31.1 Å². The first-order chi connectivity index (χ1) is 15.7. The van der Waals surface area contributed by atoms with Gasteiger partial charge < -0.3 is 9.80 Å². The summed E-state index contributed by atoms with van der Waals surface area (Å²) < 4.78 is 29.0. The minimum atomic E-state index is -0.802. The average molecular weight is 453 g/mol. The monoisotopic (exact) mass is 452 g/mol. The largest absolute Gasteiger partial charge is 0.307 e. The Labute approximate surface area is 195 Å². The quantitative estimate of drug-likeness (QED) is 0.565. The van der Waals surface area contributed by atoms with Gasteiger partial charge in [0.15, 0.2) is 0 Å². The average Bonchev–Trinajstić information content (AvgIpc) is 3.05. The van der Waals surface area contributed by atoms with E-state index in [0.717, 1.165) is 49.7 Å². The van der Waals surface area contributed by atoms with E-state index in [4.69, 9.17) is 0 Å². The van der Waals surface area contributed by atoms with Gasteiger partial charge >= 0.3 is 0 Å². The van der Waals surface area contributed by atoms with Crippen LogP contribution in [0.1, 0.15) is 74.4 Å². The summed E-state index contributed by atoms with van der Waals surface area (Å²) in [5.74, 6) is -1.35. The van der Waals surface area contributed by atoms with Crippen molar-refractivity contribution < 1.29 is 13.6 Å². The molecule has 176 valence electrons. The molecule has 0 aromatic heterocycles. The van der Waals surface area contributed by atoms with Crippen LogP contribution in [0.25, 0.3) is 0 Å². The molecule has 3 aliphatic rings. The zero-order chi connectivity index (χ0) is 23.4. The smallest absolute Gasteiger partial charge is 0.264 e. The first-order valence-corrected chi connectivity index (χ1v) is 12.3. The van der Waals surface area contributed by atoms with Gasteiger partial charge in [-0.15, -0.1) is 0 Å². The summed E-state index contributed by atoms with van der Waals surface area (Å²) in [5, 5.41) is 0. The molecule has 5 rings (SSSR count). The molecule has 1 saturated heterocycles. The number of halogens is 2. The molecule has 0 radical (unpaired) electrons. The van der Waals surface area contributed by atoms with Gasteiger partial charge in [0.25, 0.3) is 5.91 Å². The molecule has 0 N–H and O–H groups in total. The van der Waals surface area contributed by atoms with E-state index in [2.05, 4.69) is 37.8 Å². The lowest BCUT2D eigenvalue weighted by atomic mass is 9.72. The van der Waals surface area contributed by atoms with Crippen LogP contribution in [-0.2, 0) is 10.8 Å². The predicted molar refractivity (Wildman–Crippen MR) is 128 cm³/mol. The fraction of sp³-hybridized carbons (Fsp3) is 0.536. The maximum atomic E-state index is 14.5. The van der Waals surface area contributed by atoms with Crippen molar-refractivity contribution in [1.82, 2.24) is 4.90 Å². The first kappa shape index (κ1) is 22.5. The number of fused-ring (bicyclic) bond motifs is 2. The molecule has 1 aliphatic carbocycles. The second-order valence-corrected chi connectivity index (χ2v) is 11.3. The summed E-state index contributed by atoms with van der Waals surface area (Å²) >= 11 is 0. The fourth-order valence-electron chi connectivity index (χ4n) is 5.79. The molecule has 3 nitrogen and oxygen atoms in total. The second kappa shape index (κ2) is 8.19. The van der Waals surface area contributed by atoms with Crippen molar-refractivity contribution >= 4 is 11.6 Å². The minimum Gasteiger partial charge on any atom is -0.307 e. The number of benzene rings is 2. The van der Waals surface area contributed by atoms with E-state index in [0.29, 0.717) is 6.54 Å². The molecule has 2 aromatic rings. The van der Waals surface area contributed by atoms with E-state index in [9.17, 15) is 13.6 Å². The summed E-state index contributed by atoms with van der Waals surface area (Å²) in [5.41, 5.74) is 2.57. The molecule has 1 amide bonds. The molecule has 0 bridgehead atoms. The van der Waals surface area contributed by atoms with E-state index in [1.807, 2.05) is 6.07 Å². The molecular formula is C28H34F2N2O. The number of anilines is 1. The Morgan fingerprint density at radius 3 is 2.30 bits per heavy atom. The zero-order valence-electron chi connectivity index (χ0n) is 20.0. The minimum absolute atomic E-state index is 0.0176. The number of hydrogen-bond donors (Lipinski definition) is 0. The van der Waals surface area contributed by atoms with Crippen LogP contribution in [0, 0.1) is 17.6 Å². The molecule has 5 heteroatoms. The Balaban J connectivity index is 1.49. The fourth-order valence-corrected chi connectivity index (χ4v) is 5.79. The number of hydrogen-bond acceptors (Lipinski definition) is 2. The van der Waals surface area contributed by atoms with Crippen molar-refractivity contribution in [3.05, 3.63) is 64.7 Å². The van der Waals surface area contributed by atoms with Crippen molar-refractivity contribution in [1.29, 1.82) is 0 Å². The molecular weight excluding hydrogens is 418 g/mol. The Morgan fingerprint density at radius 1 is 1.06 bits per heavy atom. The lowest BCUT2D eigenvalue weighted by molar-refractivity contribution is 0.0958. The van der Waals surface area contributed by atoms with Crippen LogP contribution in [0.4, 0.5) is 14.5 Å². The molecule has 1 spiro atoms. The van der Waals surface area contributed by atoms with E-state index in [1.54, 1.807) is 4.90 Å². The molecule has 0 atom stereocenters. The highest BCUT2D eigenvalue weighted by molar-refractivity contribution is 6.08. The predicted octanol–water partition coefficient (Wildman–Crippen LogP) is 6.06. The number of rotatable bonds is 3. The van der Waals surface area contributed by atoms with E-state index in [1.165, 1.54) is 43.0 Å². The Bertz CT molecular complexity index is 1040. The molecule has 2 heterocycles. The number of carbonyl (C=O) groups is 1. The standard InChI is InChI=1S/C28H34F2N2O/c1-27(2,3)20-10-11-24-21(16-20)28(12-14-31(15-13-28)17-19-6-4-7-19)18-32(24)26(33)25-22(29)8-5-9-23(25)30/h5,8-11,16,19H,4,6-7,12-15,17-18H2,1-3H3. The molecule has 33 heavy (non-hydrogen) atoms. The third-order valence-electron chi connectivity index (χ3n) is 8.16. The SMILES string of the molecule is CC(C)(C)c1ccc2c(c1)C1(CCN(CC3CCC3)CC1)CN2C(=O)c1c(F)cccc1F. The molecule has 0 unspecified atom stereocenters. The number of amides is 1. The van der Waals surface area contributed by atoms with Gasteiger partial charge in [-0.25, -0.2) is 8.78 Å². The number of likely N-dealkylation sites (tertiary alicyclic amines) is 1. The van der Waals surface area contributed by atoms with Gasteiger partial charge in [0.1, 0.15) is 17.2 Å². The van der Waals surface area contributed by atoms with Gasteiger partial charge in [0, 0.05) is 24.2 Å². The van der Waals surface area contributed by atoms with Crippen LogP contribution in [0.3, 0.4) is 0 Å². The van der Waals surface area contributed by atoms with Gasteiger partial charge in [0.2, 0.25) is 0 Å². The maximum absolute atomic E-state index is 14.5. The van der Waals surface area contributed by atoms with Crippen molar-refractivity contribution in [2.24, 2.45) is 5.92 Å². The molecule has 2 aliphatic heterocycles.